The van der Waals surface area contributed by atoms with E-state index >= 15 is 0 Å². The van der Waals surface area contributed by atoms with Gasteiger partial charge in [-0.3, -0.25) is 9.59 Å². The summed E-state index contributed by atoms with van der Waals surface area (Å²) in [4.78, 5) is 24.4. The highest BCUT2D eigenvalue weighted by atomic mass is 16.5. The summed E-state index contributed by atoms with van der Waals surface area (Å²) < 4.78 is 8.71. The lowest BCUT2D eigenvalue weighted by atomic mass is 9.91. The summed E-state index contributed by atoms with van der Waals surface area (Å²) in [5.41, 5.74) is 2.88. The predicted molar refractivity (Wildman–Crippen MR) is 91.3 cm³/mol. The molecule has 0 saturated heterocycles. The number of aromatic nitrogens is 2. The van der Waals surface area contributed by atoms with E-state index in [1.807, 2.05) is 36.0 Å². The molecule has 2 heterocycles. The summed E-state index contributed by atoms with van der Waals surface area (Å²) >= 11 is 0. The molecule has 0 unspecified atom stereocenters. The van der Waals surface area contributed by atoms with Crippen LogP contribution in [-0.4, -0.2) is 34.8 Å². The number of pyridine rings is 1. The van der Waals surface area contributed by atoms with Gasteiger partial charge in [-0.1, -0.05) is 6.07 Å². The van der Waals surface area contributed by atoms with Crippen molar-refractivity contribution in [2.75, 3.05) is 13.7 Å². The first-order chi connectivity index (χ1) is 11.6. The summed E-state index contributed by atoms with van der Waals surface area (Å²) in [5.74, 6) is -0.0522. The Morgan fingerprint density at radius 2 is 2.21 bits per heavy atom. The van der Waals surface area contributed by atoms with Crippen LogP contribution in [0.4, 0.5) is 0 Å². The molecule has 0 aromatic carbocycles. The van der Waals surface area contributed by atoms with Crippen molar-refractivity contribution in [2.45, 2.75) is 31.8 Å². The van der Waals surface area contributed by atoms with Crippen LogP contribution in [0.2, 0.25) is 0 Å². The quantitative estimate of drug-likeness (QED) is 0.894. The lowest BCUT2D eigenvalue weighted by Gasteiger charge is -2.27. The van der Waals surface area contributed by atoms with E-state index in [-0.39, 0.29) is 17.5 Å². The molecule has 1 aliphatic rings. The smallest absolute Gasteiger partial charge is 0.268 e. The molecule has 0 bridgehead atoms. The van der Waals surface area contributed by atoms with Gasteiger partial charge in [0, 0.05) is 44.7 Å². The van der Waals surface area contributed by atoms with E-state index in [1.165, 1.54) is 0 Å². The Morgan fingerprint density at radius 3 is 2.92 bits per heavy atom. The lowest BCUT2D eigenvalue weighted by molar-refractivity contribution is 0.0925. The Bertz CT molecular complexity index is 791. The van der Waals surface area contributed by atoms with Gasteiger partial charge in [0.1, 0.15) is 5.69 Å². The number of carbonyl (C=O) groups excluding carboxylic acids is 1. The molecule has 2 aromatic rings. The maximum Gasteiger partial charge on any atom is 0.268 e. The van der Waals surface area contributed by atoms with E-state index in [0.717, 1.165) is 30.5 Å². The van der Waals surface area contributed by atoms with Crippen molar-refractivity contribution in [3.05, 3.63) is 57.8 Å². The zero-order chi connectivity index (χ0) is 17.1. The number of ether oxygens (including phenoxy) is 1. The van der Waals surface area contributed by atoms with Crippen LogP contribution >= 0.6 is 0 Å². The molecule has 1 aliphatic carbocycles. The molecule has 1 atom stereocenters. The van der Waals surface area contributed by atoms with Crippen LogP contribution in [0.15, 0.2) is 35.3 Å². The third-order valence-corrected chi connectivity index (χ3v) is 4.62. The SMILES string of the molecule is COCCn1c2c(ccc1=O)C[C@H](NC(=O)c1cccn1C)CC2. The molecule has 1 N–H and O–H groups in total. The van der Waals surface area contributed by atoms with Crippen molar-refractivity contribution >= 4 is 5.91 Å². The minimum absolute atomic E-state index is 0.0112. The number of carbonyl (C=O) groups is 1. The Morgan fingerprint density at radius 1 is 1.38 bits per heavy atom. The van der Waals surface area contributed by atoms with Crippen molar-refractivity contribution in [1.82, 2.24) is 14.5 Å². The number of aryl methyl sites for hydroxylation is 1. The molecule has 128 valence electrons. The molecule has 0 aliphatic heterocycles. The fourth-order valence-corrected chi connectivity index (χ4v) is 3.33. The molecule has 0 fully saturated rings. The standard InChI is InChI=1S/C18H23N3O3/c1-20-9-3-4-16(20)18(23)19-14-6-7-15-13(12-14)5-8-17(22)21(15)10-11-24-2/h3-5,8-9,14H,6-7,10-12H2,1-2H3,(H,19,23)/t14-/m1/s1. The second-order valence-corrected chi connectivity index (χ2v) is 6.21. The van der Waals surface area contributed by atoms with Gasteiger partial charge in [-0.2, -0.15) is 0 Å². The van der Waals surface area contributed by atoms with Gasteiger partial charge in [-0.15, -0.1) is 0 Å². The van der Waals surface area contributed by atoms with E-state index in [0.29, 0.717) is 18.8 Å². The van der Waals surface area contributed by atoms with E-state index in [4.69, 9.17) is 4.74 Å². The van der Waals surface area contributed by atoms with E-state index in [2.05, 4.69) is 5.32 Å². The van der Waals surface area contributed by atoms with Gasteiger partial charge in [0.25, 0.3) is 11.5 Å². The zero-order valence-corrected chi connectivity index (χ0v) is 14.1. The van der Waals surface area contributed by atoms with Crippen molar-refractivity contribution in [3.8, 4) is 0 Å². The fourth-order valence-electron chi connectivity index (χ4n) is 3.33. The number of hydrogen-bond donors (Lipinski definition) is 1. The number of nitrogens with one attached hydrogen (secondary N) is 1. The first-order valence-corrected chi connectivity index (χ1v) is 8.23. The third-order valence-electron chi connectivity index (χ3n) is 4.62. The van der Waals surface area contributed by atoms with Crippen molar-refractivity contribution in [2.24, 2.45) is 7.05 Å². The molecule has 0 radical (unpaired) electrons. The van der Waals surface area contributed by atoms with E-state index in [1.54, 1.807) is 17.7 Å². The van der Waals surface area contributed by atoms with Crippen LogP contribution in [0.5, 0.6) is 0 Å². The van der Waals surface area contributed by atoms with Gasteiger partial charge in [-0.05, 0) is 37.0 Å². The van der Waals surface area contributed by atoms with Gasteiger partial charge >= 0.3 is 0 Å². The molecule has 1 amide bonds. The van der Waals surface area contributed by atoms with E-state index in [9.17, 15) is 9.59 Å². The topological polar surface area (TPSA) is 65.3 Å². The van der Waals surface area contributed by atoms with Crippen LogP contribution in [0.3, 0.4) is 0 Å². The summed E-state index contributed by atoms with van der Waals surface area (Å²) in [5, 5.41) is 3.11. The van der Waals surface area contributed by atoms with Gasteiger partial charge in [0.15, 0.2) is 0 Å². The van der Waals surface area contributed by atoms with Crippen LogP contribution in [0, 0.1) is 0 Å². The van der Waals surface area contributed by atoms with Gasteiger partial charge in [0.05, 0.1) is 6.61 Å². The normalized spacial score (nSPS) is 16.7. The van der Waals surface area contributed by atoms with Crippen molar-refractivity contribution in [3.63, 3.8) is 0 Å². The van der Waals surface area contributed by atoms with Crippen molar-refractivity contribution < 1.29 is 9.53 Å². The Labute approximate surface area is 141 Å². The Hall–Kier alpha value is -2.34. The summed E-state index contributed by atoms with van der Waals surface area (Å²) in [7, 11) is 3.50. The second-order valence-electron chi connectivity index (χ2n) is 6.21. The highest BCUT2D eigenvalue weighted by molar-refractivity contribution is 5.92. The number of methoxy groups -OCH3 is 1. The molecule has 6 nitrogen and oxygen atoms in total. The molecular formula is C18H23N3O3. The van der Waals surface area contributed by atoms with Gasteiger partial charge in [0.2, 0.25) is 0 Å². The molecule has 2 aromatic heterocycles. The van der Waals surface area contributed by atoms with Crippen LogP contribution in [0.1, 0.15) is 28.2 Å². The predicted octanol–water partition coefficient (Wildman–Crippen LogP) is 1.12. The maximum absolute atomic E-state index is 12.4. The maximum atomic E-state index is 12.4. The zero-order valence-electron chi connectivity index (χ0n) is 14.1. The van der Waals surface area contributed by atoms with Crippen LogP contribution < -0.4 is 10.9 Å². The summed E-state index contributed by atoms with van der Waals surface area (Å²) in [6.45, 7) is 1.09. The Balaban J connectivity index is 1.74. The number of hydrogen-bond acceptors (Lipinski definition) is 3. The summed E-state index contributed by atoms with van der Waals surface area (Å²) in [6.07, 6.45) is 4.23. The Kier molecular flexibility index (Phi) is 4.85. The second kappa shape index (κ2) is 7.05. The molecule has 6 heteroatoms. The van der Waals surface area contributed by atoms with Crippen LogP contribution in [-0.2, 0) is 31.2 Å². The van der Waals surface area contributed by atoms with Gasteiger partial charge < -0.3 is 19.2 Å². The highest BCUT2D eigenvalue weighted by Crippen LogP contribution is 2.20. The molecular weight excluding hydrogens is 306 g/mol. The van der Waals surface area contributed by atoms with E-state index < -0.39 is 0 Å². The monoisotopic (exact) mass is 329 g/mol. The molecule has 24 heavy (non-hydrogen) atoms. The summed E-state index contributed by atoms with van der Waals surface area (Å²) in [6, 6.07) is 7.26. The third kappa shape index (κ3) is 3.28. The number of nitrogens with zero attached hydrogens (tertiary/aromatic N) is 2. The molecule has 0 saturated carbocycles. The average molecular weight is 329 g/mol. The van der Waals surface area contributed by atoms with Crippen LogP contribution in [0.25, 0.3) is 0 Å². The first-order valence-electron chi connectivity index (χ1n) is 8.23. The lowest BCUT2D eigenvalue weighted by Crippen LogP contribution is -2.41. The van der Waals surface area contributed by atoms with Gasteiger partial charge in [-0.25, -0.2) is 0 Å². The van der Waals surface area contributed by atoms with Crippen molar-refractivity contribution in [1.29, 1.82) is 0 Å². The number of amides is 1. The average Bonchev–Trinajstić information content (AvgIpc) is 3.00. The highest BCUT2D eigenvalue weighted by Gasteiger charge is 2.23. The molecule has 0 spiro atoms. The largest absolute Gasteiger partial charge is 0.383 e. The number of rotatable bonds is 5. The number of fused-ring (bicyclic) bond motifs is 1. The fraction of sp³-hybridized carbons (Fsp3) is 0.444. The first kappa shape index (κ1) is 16.5. The minimum atomic E-state index is -0.0522. The molecule has 3 rings (SSSR count). The minimum Gasteiger partial charge on any atom is -0.383 e.